The fraction of sp³-hybridized carbons (Fsp3) is 0.538. The number of rotatable bonds is 4. The second-order valence-corrected chi connectivity index (χ2v) is 6.39. The van der Waals surface area contributed by atoms with E-state index in [0.29, 0.717) is 0 Å². The molecule has 21 heavy (non-hydrogen) atoms. The second kappa shape index (κ2) is 6.39. The minimum absolute atomic E-state index is 0.0244. The average Bonchev–Trinajstić information content (AvgIpc) is 2.44. The van der Waals surface area contributed by atoms with Gasteiger partial charge in [-0.05, 0) is 19.1 Å². The Morgan fingerprint density at radius 1 is 1.19 bits per heavy atom. The number of hydrogen-bond acceptors (Lipinski definition) is 7. The first kappa shape index (κ1) is 16.3. The van der Waals surface area contributed by atoms with Crippen LogP contribution in [0.4, 0.5) is 0 Å². The van der Waals surface area contributed by atoms with Crippen LogP contribution in [-0.2, 0) is 23.8 Å². The highest BCUT2D eigenvalue weighted by atomic mass is 32.2. The average molecular weight is 318 g/mol. The van der Waals surface area contributed by atoms with Gasteiger partial charge in [0.1, 0.15) is 18.3 Å². The van der Waals surface area contributed by atoms with E-state index in [-0.39, 0.29) is 11.5 Å². The van der Waals surface area contributed by atoms with Gasteiger partial charge in [0.25, 0.3) is 10.1 Å². The first-order valence-electron chi connectivity index (χ1n) is 6.35. The molecule has 0 spiro atoms. The zero-order valence-electron chi connectivity index (χ0n) is 11.7. The molecule has 7 nitrogen and oxygen atoms in total. The Morgan fingerprint density at radius 2 is 1.81 bits per heavy atom. The summed E-state index contributed by atoms with van der Waals surface area (Å²) in [6.45, 7) is 1.62. The summed E-state index contributed by atoms with van der Waals surface area (Å²) in [4.78, 5) is -0.0244. The predicted octanol–water partition coefficient (Wildman–Crippen LogP) is -0.207. The molecule has 0 amide bonds. The molecule has 1 aromatic rings. The summed E-state index contributed by atoms with van der Waals surface area (Å²) in [5.41, 5.74) is 0.911. The summed E-state index contributed by atoms with van der Waals surface area (Å²) in [6, 6.07) is 6.10. The van der Waals surface area contributed by atoms with Crippen molar-refractivity contribution in [1.82, 2.24) is 0 Å². The number of aryl methyl sites for hydroxylation is 1. The van der Waals surface area contributed by atoms with Crippen molar-refractivity contribution in [2.75, 3.05) is 13.7 Å². The van der Waals surface area contributed by atoms with Gasteiger partial charge in [-0.3, -0.25) is 4.18 Å². The molecule has 1 fully saturated rings. The lowest BCUT2D eigenvalue weighted by Gasteiger charge is -2.35. The van der Waals surface area contributed by atoms with Gasteiger partial charge in [0, 0.05) is 7.11 Å². The predicted molar refractivity (Wildman–Crippen MR) is 72.0 cm³/mol. The Labute approximate surface area is 123 Å². The monoisotopic (exact) mass is 318 g/mol. The number of aliphatic hydroxyl groups is 2. The molecule has 4 atom stereocenters. The van der Waals surface area contributed by atoms with E-state index in [1.54, 1.807) is 12.1 Å². The number of methoxy groups -OCH3 is 1. The van der Waals surface area contributed by atoms with Crippen LogP contribution in [0, 0.1) is 6.92 Å². The molecule has 1 heterocycles. The van der Waals surface area contributed by atoms with Gasteiger partial charge >= 0.3 is 0 Å². The van der Waals surface area contributed by atoms with Crippen LogP contribution in [0.1, 0.15) is 5.56 Å². The van der Waals surface area contributed by atoms with Crippen LogP contribution in [0.3, 0.4) is 0 Å². The van der Waals surface area contributed by atoms with Gasteiger partial charge in [-0.1, -0.05) is 17.7 Å². The van der Waals surface area contributed by atoms with Crippen molar-refractivity contribution in [2.24, 2.45) is 0 Å². The molecule has 0 radical (unpaired) electrons. The van der Waals surface area contributed by atoms with Gasteiger partial charge in [-0.2, -0.15) is 8.42 Å². The zero-order chi connectivity index (χ0) is 15.6. The van der Waals surface area contributed by atoms with Gasteiger partial charge < -0.3 is 19.7 Å². The van der Waals surface area contributed by atoms with E-state index in [4.69, 9.17) is 13.7 Å². The number of hydrogen-bond donors (Lipinski definition) is 2. The third-order valence-corrected chi connectivity index (χ3v) is 4.58. The molecule has 1 saturated heterocycles. The maximum Gasteiger partial charge on any atom is 0.297 e. The highest BCUT2D eigenvalue weighted by Gasteiger charge is 2.41. The van der Waals surface area contributed by atoms with Gasteiger partial charge in [0.05, 0.1) is 11.5 Å². The molecule has 2 N–H and O–H groups in total. The molecule has 2 rings (SSSR count). The molecule has 1 aliphatic heterocycles. The summed E-state index contributed by atoms with van der Waals surface area (Å²) < 4.78 is 39.1. The standard InChI is InChI=1S/C13H18O7S/c1-8-3-5-9(6-4-8)21(16,17)20-10-7-19-13(18-2)12(15)11(10)14/h3-6,10-15H,7H2,1-2H3. The van der Waals surface area contributed by atoms with Crippen molar-refractivity contribution in [3.05, 3.63) is 29.8 Å². The summed E-state index contributed by atoms with van der Waals surface area (Å²) in [7, 11) is -2.74. The highest BCUT2D eigenvalue weighted by molar-refractivity contribution is 7.86. The molecule has 8 heteroatoms. The van der Waals surface area contributed by atoms with E-state index in [1.165, 1.54) is 19.2 Å². The van der Waals surface area contributed by atoms with Crippen LogP contribution in [0.15, 0.2) is 29.2 Å². The fourth-order valence-corrected chi connectivity index (χ4v) is 3.06. The van der Waals surface area contributed by atoms with Gasteiger partial charge in [-0.15, -0.1) is 0 Å². The Hall–Kier alpha value is -1.03. The van der Waals surface area contributed by atoms with Crippen molar-refractivity contribution >= 4 is 10.1 Å². The molecular weight excluding hydrogens is 300 g/mol. The van der Waals surface area contributed by atoms with Crippen molar-refractivity contribution in [2.45, 2.75) is 36.4 Å². The molecule has 118 valence electrons. The van der Waals surface area contributed by atoms with Crippen LogP contribution in [0.25, 0.3) is 0 Å². The summed E-state index contributed by atoms with van der Waals surface area (Å²) in [6.07, 6.45) is -5.02. The smallest absolute Gasteiger partial charge is 0.297 e. The van der Waals surface area contributed by atoms with Gasteiger partial charge in [0.15, 0.2) is 6.29 Å². The van der Waals surface area contributed by atoms with Crippen molar-refractivity contribution in [3.63, 3.8) is 0 Å². The summed E-state index contributed by atoms with van der Waals surface area (Å²) >= 11 is 0. The molecule has 0 aromatic heterocycles. The summed E-state index contributed by atoms with van der Waals surface area (Å²) in [5, 5.41) is 19.6. The van der Waals surface area contributed by atoms with Crippen molar-refractivity contribution < 1.29 is 32.3 Å². The first-order valence-corrected chi connectivity index (χ1v) is 7.76. The Balaban J connectivity index is 2.12. The largest absolute Gasteiger partial charge is 0.387 e. The fourth-order valence-electron chi connectivity index (χ4n) is 1.98. The van der Waals surface area contributed by atoms with Crippen LogP contribution in [0.5, 0.6) is 0 Å². The van der Waals surface area contributed by atoms with Crippen LogP contribution >= 0.6 is 0 Å². The van der Waals surface area contributed by atoms with Crippen LogP contribution < -0.4 is 0 Å². The number of benzene rings is 1. The molecule has 1 aliphatic rings. The minimum atomic E-state index is -4.05. The van der Waals surface area contributed by atoms with Gasteiger partial charge in [0.2, 0.25) is 0 Å². The maximum atomic E-state index is 12.1. The first-order chi connectivity index (χ1) is 9.85. The van der Waals surface area contributed by atoms with Crippen LogP contribution in [-0.4, -0.2) is 56.9 Å². The molecular formula is C13H18O7S. The highest BCUT2D eigenvalue weighted by Crippen LogP contribution is 2.23. The summed E-state index contributed by atoms with van der Waals surface area (Å²) in [5.74, 6) is 0. The zero-order valence-corrected chi connectivity index (χ0v) is 12.5. The van der Waals surface area contributed by atoms with E-state index >= 15 is 0 Å². The SMILES string of the molecule is COC1OCC(OS(=O)(=O)c2ccc(C)cc2)C(O)C1O. The van der Waals surface area contributed by atoms with E-state index in [2.05, 4.69) is 0 Å². The topological polar surface area (TPSA) is 102 Å². The van der Waals surface area contributed by atoms with E-state index in [1.807, 2.05) is 6.92 Å². The quantitative estimate of drug-likeness (QED) is 0.741. The lowest BCUT2D eigenvalue weighted by Crippen LogP contribution is -2.54. The van der Waals surface area contributed by atoms with Crippen molar-refractivity contribution in [1.29, 1.82) is 0 Å². The van der Waals surface area contributed by atoms with E-state index in [0.717, 1.165) is 5.56 Å². The maximum absolute atomic E-state index is 12.1. The van der Waals surface area contributed by atoms with Gasteiger partial charge in [-0.25, -0.2) is 0 Å². The van der Waals surface area contributed by atoms with E-state index in [9.17, 15) is 18.6 Å². The molecule has 4 unspecified atom stereocenters. The Morgan fingerprint density at radius 3 is 2.38 bits per heavy atom. The molecule has 1 aromatic carbocycles. The third kappa shape index (κ3) is 3.60. The lowest BCUT2D eigenvalue weighted by atomic mass is 10.1. The second-order valence-electron chi connectivity index (χ2n) is 4.82. The molecule has 0 bridgehead atoms. The van der Waals surface area contributed by atoms with E-state index < -0.39 is 34.7 Å². The lowest BCUT2D eigenvalue weighted by molar-refractivity contribution is -0.257. The molecule has 0 aliphatic carbocycles. The Kier molecular flexibility index (Phi) is 4.97. The van der Waals surface area contributed by atoms with Crippen molar-refractivity contribution in [3.8, 4) is 0 Å². The molecule has 0 saturated carbocycles. The Bertz CT molecular complexity index is 569. The normalized spacial score (nSPS) is 30.3. The third-order valence-electron chi connectivity index (χ3n) is 3.23. The number of aliphatic hydroxyl groups excluding tert-OH is 2. The minimum Gasteiger partial charge on any atom is -0.387 e. The van der Waals surface area contributed by atoms with Crippen LogP contribution in [0.2, 0.25) is 0 Å². The number of ether oxygens (including phenoxy) is 2.